The fraction of sp³-hybridized carbons (Fsp3) is 0. The molecule has 0 saturated carbocycles. The molecule has 0 spiro atoms. The van der Waals surface area contributed by atoms with Crippen molar-refractivity contribution in [1.29, 1.82) is 0 Å². The van der Waals surface area contributed by atoms with E-state index >= 15 is 0 Å². The maximum absolute atomic E-state index is 12.8. The zero-order chi connectivity index (χ0) is 14.7. The Bertz CT molecular complexity index is 671. The van der Waals surface area contributed by atoms with E-state index < -0.39 is 17.7 Å². The van der Waals surface area contributed by atoms with E-state index in [0.717, 1.165) is 3.57 Å². The van der Waals surface area contributed by atoms with Crippen molar-refractivity contribution in [2.75, 3.05) is 5.32 Å². The summed E-state index contributed by atoms with van der Waals surface area (Å²) in [6.07, 6.45) is 0. The Hall–Kier alpha value is -1.96. The molecule has 102 valence electrons. The molecule has 2 aromatic rings. The second kappa shape index (κ2) is 6.00. The van der Waals surface area contributed by atoms with Gasteiger partial charge in [-0.2, -0.15) is 0 Å². The highest BCUT2D eigenvalue weighted by Crippen LogP contribution is 2.20. The summed E-state index contributed by atoms with van der Waals surface area (Å²) in [6.45, 7) is 0. The highest BCUT2D eigenvalue weighted by Gasteiger charge is 2.14. The van der Waals surface area contributed by atoms with Crippen molar-refractivity contribution in [2.45, 2.75) is 0 Å². The molecule has 0 bridgehead atoms. The van der Waals surface area contributed by atoms with E-state index in [1.807, 2.05) is 22.6 Å². The predicted octanol–water partition coefficient (Wildman–Crippen LogP) is 3.38. The number of rotatable bonds is 3. The topological polar surface area (TPSA) is 66.4 Å². The van der Waals surface area contributed by atoms with E-state index in [4.69, 9.17) is 5.11 Å². The lowest BCUT2D eigenvalue weighted by Gasteiger charge is -2.09. The summed E-state index contributed by atoms with van der Waals surface area (Å²) in [5.74, 6) is -2.06. The third-order valence-electron chi connectivity index (χ3n) is 2.57. The molecule has 0 aliphatic heterocycles. The number of aromatic carboxylic acids is 1. The molecule has 0 aliphatic carbocycles. The van der Waals surface area contributed by atoms with Crippen molar-refractivity contribution in [3.05, 3.63) is 63.0 Å². The lowest BCUT2D eigenvalue weighted by molar-refractivity contribution is 0.0698. The summed E-state index contributed by atoms with van der Waals surface area (Å²) >= 11 is 1.99. The number of carbonyl (C=O) groups is 2. The van der Waals surface area contributed by atoms with Crippen LogP contribution < -0.4 is 5.32 Å². The van der Waals surface area contributed by atoms with Gasteiger partial charge in [-0.05, 0) is 65.1 Å². The summed E-state index contributed by atoms with van der Waals surface area (Å²) in [4.78, 5) is 23.1. The Balaban J connectivity index is 2.28. The Morgan fingerprint density at radius 3 is 2.35 bits per heavy atom. The van der Waals surface area contributed by atoms with E-state index in [1.165, 1.54) is 36.4 Å². The molecule has 2 N–H and O–H groups in total. The fourth-order valence-corrected chi connectivity index (χ4v) is 2.09. The Labute approximate surface area is 127 Å². The van der Waals surface area contributed by atoms with Crippen LogP contribution in [0.2, 0.25) is 0 Å². The second-order valence-corrected chi connectivity index (χ2v) is 5.20. The van der Waals surface area contributed by atoms with Gasteiger partial charge in [0, 0.05) is 9.13 Å². The Morgan fingerprint density at radius 2 is 1.75 bits per heavy atom. The van der Waals surface area contributed by atoms with Crippen LogP contribution in [0.4, 0.5) is 10.1 Å². The second-order valence-electron chi connectivity index (χ2n) is 3.96. The Morgan fingerprint density at radius 1 is 1.10 bits per heavy atom. The van der Waals surface area contributed by atoms with E-state index in [2.05, 4.69) is 5.32 Å². The van der Waals surface area contributed by atoms with Gasteiger partial charge in [-0.1, -0.05) is 0 Å². The summed E-state index contributed by atoms with van der Waals surface area (Å²) in [5, 5.41) is 11.6. The third kappa shape index (κ3) is 3.32. The van der Waals surface area contributed by atoms with Crippen LogP contribution in [0.15, 0.2) is 42.5 Å². The maximum Gasteiger partial charge on any atom is 0.337 e. The van der Waals surface area contributed by atoms with Crippen LogP contribution in [0, 0.1) is 9.39 Å². The normalized spacial score (nSPS) is 10.1. The number of carboxylic acid groups (broad SMARTS) is 1. The number of anilines is 1. The molecule has 2 aromatic carbocycles. The molecule has 0 saturated heterocycles. The number of nitrogens with one attached hydrogen (secondary N) is 1. The average molecular weight is 385 g/mol. The SMILES string of the molecule is O=C(Nc1ccc(I)cc1C(=O)O)c1ccc(F)cc1. The third-order valence-corrected chi connectivity index (χ3v) is 3.24. The molecule has 0 aromatic heterocycles. The molecule has 0 radical (unpaired) electrons. The van der Waals surface area contributed by atoms with Crippen molar-refractivity contribution < 1.29 is 19.1 Å². The molecule has 0 unspecified atom stereocenters. The fourth-order valence-electron chi connectivity index (χ4n) is 1.60. The first kappa shape index (κ1) is 14.4. The van der Waals surface area contributed by atoms with Gasteiger partial charge in [0.2, 0.25) is 0 Å². The first-order valence-electron chi connectivity index (χ1n) is 5.57. The van der Waals surface area contributed by atoms with Crippen LogP contribution in [0.1, 0.15) is 20.7 Å². The standard InChI is InChI=1S/C14H9FINO3/c15-9-3-1-8(2-4-9)13(18)17-12-6-5-10(16)7-11(12)14(19)20/h1-7H,(H,17,18)(H,19,20). The van der Waals surface area contributed by atoms with Gasteiger partial charge in [0.15, 0.2) is 0 Å². The van der Waals surface area contributed by atoms with Gasteiger partial charge in [0.05, 0.1) is 11.3 Å². The number of benzene rings is 2. The van der Waals surface area contributed by atoms with Crippen molar-refractivity contribution >= 4 is 40.2 Å². The molecule has 20 heavy (non-hydrogen) atoms. The summed E-state index contributed by atoms with van der Waals surface area (Å²) in [5.41, 5.74) is 0.459. The Kier molecular flexibility index (Phi) is 4.33. The van der Waals surface area contributed by atoms with Crippen LogP contribution in [0.5, 0.6) is 0 Å². The number of halogens is 2. The van der Waals surface area contributed by atoms with E-state index in [1.54, 1.807) is 6.07 Å². The zero-order valence-corrected chi connectivity index (χ0v) is 12.2. The molecule has 0 atom stereocenters. The molecule has 4 nitrogen and oxygen atoms in total. The molecule has 0 aliphatic rings. The number of amides is 1. The van der Waals surface area contributed by atoms with Gasteiger partial charge in [-0.25, -0.2) is 9.18 Å². The van der Waals surface area contributed by atoms with Gasteiger partial charge >= 0.3 is 5.97 Å². The van der Waals surface area contributed by atoms with Gasteiger partial charge in [0.25, 0.3) is 5.91 Å². The number of carboxylic acids is 1. The predicted molar refractivity (Wildman–Crippen MR) is 80.5 cm³/mol. The zero-order valence-electron chi connectivity index (χ0n) is 10.1. The summed E-state index contributed by atoms with van der Waals surface area (Å²) in [6, 6.07) is 9.67. The molecule has 1 amide bonds. The van der Waals surface area contributed by atoms with Gasteiger partial charge < -0.3 is 10.4 Å². The van der Waals surface area contributed by atoms with Crippen LogP contribution in [0.3, 0.4) is 0 Å². The number of hydrogen-bond donors (Lipinski definition) is 2. The molecular formula is C14H9FINO3. The van der Waals surface area contributed by atoms with Crippen LogP contribution in [0.25, 0.3) is 0 Å². The van der Waals surface area contributed by atoms with E-state index in [0.29, 0.717) is 0 Å². The minimum Gasteiger partial charge on any atom is -0.478 e. The average Bonchev–Trinajstić information content (AvgIpc) is 2.41. The van der Waals surface area contributed by atoms with Crippen LogP contribution in [-0.2, 0) is 0 Å². The minimum absolute atomic E-state index is 0.00682. The quantitative estimate of drug-likeness (QED) is 0.797. The van der Waals surface area contributed by atoms with Crippen LogP contribution in [-0.4, -0.2) is 17.0 Å². The lowest BCUT2D eigenvalue weighted by atomic mass is 10.1. The van der Waals surface area contributed by atoms with Crippen molar-refractivity contribution in [3.8, 4) is 0 Å². The molecule has 2 rings (SSSR count). The van der Waals surface area contributed by atoms with Crippen molar-refractivity contribution in [3.63, 3.8) is 0 Å². The maximum atomic E-state index is 12.8. The lowest BCUT2D eigenvalue weighted by Crippen LogP contribution is -2.15. The molecular weight excluding hydrogens is 376 g/mol. The van der Waals surface area contributed by atoms with E-state index in [-0.39, 0.29) is 16.8 Å². The van der Waals surface area contributed by atoms with Gasteiger partial charge in [-0.15, -0.1) is 0 Å². The summed E-state index contributed by atoms with van der Waals surface area (Å²) in [7, 11) is 0. The summed E-state index contributed by atoms with van der Waals surface area (Å²) < 4.78 is 13.5. The number of hydrogen-bond acceptors (Lipinski definition) is 2. The van der Waals surface area contributed by atoms with E-state index in [9.17, 15) is 14.0 Å². The molecule has 6 heteroatoms. The first-order valence-corrected chi connectivity index (χ1v) is 6.65. The van der Waals surface area contributed by atoms with Gasteiger partial charge in [-0.3, -0.25) is 4.79 Å². The van der Waals surface area contributed by atoms with Crippen molar-refractivity contribution in [1.82, 2.24) is 0 Å². The minimum atomic E-state index is -1.13. The highest BCUT2D eigenvalue weighted by molar-refractivity contribution is 14.1. The smallest absolute Gasteiger partial charge is 0.337 e. The first-order chi connectivity index (χ1) is 9.47. The van der Waals surface area contributed by atoms with Crippen molar-refractivity contribution in [2.24, 2.45) is 0 Å². The molecule has 0 fully saturated rings. The molecule has 0 heterocycles. The largest absolute Gasteiger partial charge is 0.478 e. The monoisotopic (exact) mass is 385 g/mol. The van der Waals surface area contributed by atoms with Crippen LogP contribution >= 0.6 is 22.6 Å². The van der Waals surface area contributed by atoms with Gasteiger partial charge in [0.1, 0.15) is 5.82 Å². The highest BCUT2D eigenvalue weighted by atomic mass is 127. The number of carbonyl (C=O) groups excluding carboxylic acids is 1.